The molecule has 0 amide bonds. The van der Waals surface area contributed by atoms with Crippen molar-refractivity contribution in [2.75, 3.05) is 18.1 Å². The normalized spacial score (nSPS) is 21.1. The SMILES string of the molecule is c1cc(-c2noc(C3CSCCN3)n2)cs1. The molecule has 1 saturated heterocycles. The van der Waals surface area contributed by atoms with Crippen LogP contribution >= 0.6 is 23.1 Å². The zero-order valence-electron chi connectivity index (χ0n) is 8.55. The van der Waals surface area contributed by atoms with Crippen LogP contribution < -0.4 is 5.32 Å². The van der Waals surface area contributed by atoms with Gasteiger partial charge in [0, 0.05) is 29.0 Å². The Bertz CT molecular complexity index is 448. The molecule has 0 saturated carbocycles. The highest BCUT2D eigenvalue weighted by Gasteiger charge is 2.21. The third-order valence-corrected chi connectivity index (χ3v) is 4.19. The molecule has 2 aromatic heterocycles. The van der Waals surface area contributed by atoms with Crippen LogP contribution in [0.4, 0.5) is 0 Å². The molecule has 1 fully saturated rings. The van der Waals surface area contributed by atoms with E-state index in [0.29, 0.717) is 11.7 Å². The molecule has 1 aliphatic heterocycles. The van der Waals surface area contributed by atoms with Gasteiger partial charge in [0.05, 0.1) is 6.04 Å². The lowest BCUT2D eigenvalue weighted by Gasteiger charge is -2.19. The fourth-order valence-electron chi connectivity index (χ4n) is 1.61. The van der Waals surface area contributed by atoms with E-state index in [1.807, 2.05) is 28.6 Å². The monoisotopic (exact) mass is 253 g/mol. The van der Waals surface area contributed by atoms with E-state index in [4.69, 9.17) is 4.52 Å². The summed E-state index contributed by atoms with van der Waals surface area (Å²) in [5, 5.41) is 11.4. The number of rotatable bonds is 2. The standard InChI is InChI=1S/C10H11N3OS2/c1-3-15-5-7(1)9-12-10(14-13-9)8-6-16-4-2-11-8/h1,3,5,8,11H,2,4,6H2. The van der Waals surface area contributed by atoms with Crippen LogP contribution in [-0.4, -0.2) is 28.2 Å². The van der Waals surface area contributed by atoms with Crippen LogP contribution in [0.2, 0.25) is 0 Å². The number of nitrogens with one attached hydrogen (secondary N) is 1. The van der Waals surface area contributed by atoms with Gasteiger partial charge in [0.15, 0.2) is 0 Å². The third-order valence-electron chi connectivity index (χ3n) is 2.44. The molecule has 84 valence electrons. The van der Waals surface area contributed by atoms with E-state index in [0.717, 1.165) is 23.6 Å². The maximum absolute atomic E-state index is 5.30. The summed E-state index contributed by atoms with van der Waals surface area (Å²) in [6, 6.07) is 2.21. The Kier molecular flexibility index (Phi) is 2.94. The number of hydrogen-bond acceptors (Lipinski definition) is 6. The lowest BCUT2D eigenvalue weighted by molar-refractivity contribution is 0.342. The second-order valence-electron chi connectivity index (χ2n) is 3.55. The van der Waals surface area contributed by atoms with Gasteiger partial charge in [-0.1, -0.05) is 5.16 Å². The molecule has 0 radical (unpaired) electrons. The molecule has 0 bridgehead atoms. The maximum Gasteiger partial charge on any atom is 0.244 e. The van der Waals surface area contributed by atoms with E-state index >= 15 is 0 Å². The molecule has 0 spiro atoms. The smallest absolute Gasteiger partial charge is 0.244 e. The topological polar surface area (TPSA) is 51.0 Å². The zero-order chi connectivity index (χ0) is 10.8. The highest BCUT2D eigenvalue weighted by atomic mass is 32.2. The fraction of sp³-hybridized carbons (Fsp3) is 0.400. The Morgan fingerprint density at radius 3 is 3.25 bits per heavy atom. The van der Waals surface area contributed by atoms with E-state index in [1.165, 1.54) is 0 Å². The van der Waals surface area contributed by atoms with Crippen molar-refractivity contribution in [1.29, 1.82) is 0 Å². The third kappa shape index (κ3) is 2.00. The van der Waals surface area contributed by atoms with Crippen molar-refractivity contribution in [3.63, 3.8) is 0 Å². The minimum Gasteiger partial charge on any atom is -0.337 e. The van der Waals surface area contributed by atoms with E-state index < -0.39 is 0 Å². The highest BCUT2D eigenvalue weighted by molar-refractivity contribution is 7.99. The van der Waals surface area contributed by atoms with E-state index in [2.05, 4.69) is 15.5 Å². The summed E-state index contributed by atoms with van der Waals surface area (Å²) in [4.78, 5) is 4.43. The summed E-state index contributed by atoms with van der Waals surface area (Å²) in [6.45, 7) is 1.01. The number of aromatic nitrogens is 2. The molecule has 1 atom stereocenters. The van der Waals surface area contributed by atoms with Crippen LogP contribution in [-0.2, 0) is 0 Å². The van der Waals surface area contributed by atoms with Gasteiger partial charge in [-0.05, 0) is 11.4 Å². The summed E-state index contributed by atoms with van der Waals surface area (Å²) in [7, 11) is 0. The first kappa shape index (κ1) is 10.3. The molecule has 1 N–H and O–H groups in total. The van der Waals surface area contributed by atoms with Gasteiger partial charge in [-0.15, -0.1) is 0 Å². The van der Waals surface area contributed by atoms with Gasteiger partial charge in [-0.2, -0.15) is 28.1 Å². The molecule has 4 nitrogen and oxygen atoms in total. The fourth-order valence-corrected chi connectivity index (χ4v) is 3.17. The second kappa shape index (κ2) is 4.57. The average Bonchev–Trinajstić information content (AvgIpc) is 3.01. The van der Waals surface area contributed by atoms with Gasteiger partial charge in [-0.3, -0.25) is 0 Å². The van der Waals surface area contributed by atoms with Crippen LogP contribution in [0.1, 0.15) is 11.9 Å². The van der Waals surface area contributed by atoms with E-state index in [-0.39, 0.29) is 6.04 Å². The first-order valence-electron chi connectivity index (χ1n) is 5.11. The highest BCUT2D eigenvalue weighted by Crippen LogP contribution is 2.24. The lowest BCUT2D eigenvalue weighted by Crippen LogP contribution is -2.30. The van der Waals surface area contributed by atoms with Crippen molar-refractivity contribution in [3.8, 4) is 11.4 Å². The number of thiophene rings is 1. The largest absolute Gasteiger partial charge is 0.337 e. The van der Waals surface area contributed by atoms with E-state index in [1.54, 1.807) is 11.3 Å². The van der Waals surface area contributed by atoms with Gasteiger partial charge in [0.25, 0.3) is 0 Å². The first-order chi connectivity index (χ1) is 7.93. The van der Waals surface area contributed by atoms with Gasteiger partial charge in [0.2, 0.25) is 11.7 Å². The maximum atomic E-state index is 5.30. The summed E-state index contributed by atoms with van der Waals surface area (Å²) >= 11 is 3.55. The van der Waals surface area contributed by atoms with Crippen molar-refractivity contribution in [2.24, 2.45) is 0 Å². The predicted molar refractivity (Wildman–Crippen MR) is 65.7 cm³/mol. The molecule has 1 unspecified atom stereocenters. The van der Waals surface area contributed by atoms with Gasteiger partial charge < -0.3 is 9.84 Å². The van der Waals surface area contributed by atoms with Crippen molar-refractivity contribution in [3.05, 3.63) is 22.7 Å². The average molecular weight is 253 g/mol. The van der Waals surface area contributed by atoms with Gasteiger partial charge in [-0.25, -0.2) is 0 Å². The molecular weight excluding hydrogens is 242 g/mol. The lowest BCUT2D eigenvalue weighted by atomic mass is 10.3. The van der Waals surface area contributed by atoms with Crippen molar-refractivity contribution in [1.82, 2.24) is 15.5 Å². The molecule has 0 aliphatic carbocycles. The molecular formula is C10H11N3OS2. The summed E-state index contributed by atoms with van der Waals surface area (Å²) < 4.78 is 5.30. The van der Waals surface area contributed by atoms with Crippen molar-refractivity contribution >= 4 is 23.1 Å². The summed E-state index contributed by atoms with van der Waals surface area (Å²) in [5.74, 6) is 3.55. The summed E-state index contributed by atoms with van der Waals surface area (Å²) in [6.07, 6.45) is 0. The molecule has 3 heterocycles. The molecule has 0 aromatic carbocycles. The molecule has 16 heavy (non-hydrogen) atoms. The number of nitrogens with zero attached hydrogens (tertiary/aromatic N) is 2. The van der Waals surface area contributed by atoms with Gasteiger partial charge >= 0.3 is 0 Å². The van der Waals surface area contributed by atoms with Crippen LogP contribution in [0.5, 0.6) is 0 Å². The Morgan fingerprint density at radius 1 is 1.50 bits per heavy atom. The first-order valence-corrected chi connectivity index (χ1v) is 7.20. The molecule has 1 aliphatic rings. The van der Waals surface area contributed by atoms with Gasteiger partial charge in [0.1, 0.15) is 0 Å². The number of thioether (sulfide) groups is 1. The van der Waals surface area contributed by atoms with Crippen LogP contribution in [0.15, 0.2) is 21.3 Å². The Morgan fingerprint density at radius 2 is 2.50 bits per heavy atom. The Balaban J connectivity index is 1.82. The molecule has 3 rings (SSSR count). The van der Waals surface area contributed by atoms with Crippen LogP contribution in [0.3, 0.4) is 0 Å². The Hall–Kier alpha value is -0.850. The van der Waals surface area contributed by atoms with E-state index in [9.17, 15) is 0 Å². The van der Waals surface area contributed by atoms with Crippen molar-refractivity contribution in [2.45, 2.75) is 6.04 Å². The molecule has 6 heteroatoms. The van der Waals surface area contributed by atoms with Crippen molar-refractivity contribution < 1.29 is 4.52 Å². The minimum atomic E-state index is 0.207. The van der Waals surface area contributed by atoms with Crippen LogP contribution in [0.25, 0.3) is 11.4 Å². The minimum absolute atomic E-state index is 0.207. The summed E-state index contributed by atoms with van der Waals surface area (Å²) in [5.41, 5.74) is 1.03. The zero-order valence-corrected chi connectivity index (χ0v) is 10.2. The van der Waals surface area contributed by atoms with Crippen LogP contribution in [0, 0.1) is 0 Å². The number of hydrogen-bond donors (Lipinski definition) is 1. The Labute approximate surface area is 101 Å². The second-order valence-corrected chi connectivity index (χ2v) is 5.48. The molecule has 2 aromatic rings. The predicted octanol–water partition coefficient (Wildman–Crippen LogP) is 2.18. The quantitative estimate of drug-likeness (QED) is 0.889.